The molecule has 2 nitrogen and oxygen atoms in total. The predicted molar refractivity (Wildman–Crippen MR) is 74.1 cm³/mol. The molecule has 0 amide bonds. The number of benzene rings is 1. The maximum absolute atomic E-state index is 11.3. The Kier molecular flexibility index (Phi) is 3.29. The van der Waals surface area contributed by atoms with Crippen LogP contribution in [-0.2, 0) is 0 Å². The molecule has 0 saturated carbocycles. The lowest BCUT2D eigenvalue weighted by molar-refractivity contribution is 0.102. The monoisotopic (exact) mass is 245 g/mol. The lowest BCUT2D eigenvalue weighted by atomic mass is 10.1. The molecule has 0 atom stereocenters. The van der Waals surface area contributed by atoms with Crippen molar-refractivity contribution in [2.24, 2.45) is 0 Å². The number of Topliss-reactive ketones (excluding diaryl/α,β-unsaturated/α-hetero) is 1. The van der Waals surface area contributed by atoms with Crippen molar-refractivity contribution in [1.29, 1.82) is 0 Å². The van der Waals surface area contributed by atoms with Crippen molar-refractivity contribution in [2.45, 2.75) is 6.92 Å². The Hall–Kier alpha value is -1.61. The molecule has 0 aliphatic carbocycles. The fourth-order valence-electron chi connectivity index (χ4n) is 1.62. The number of carbonyl (C=O) groups is 1. The number of anilines is 1. The molecule has 0 aliphatic rings. The molecule has 0 fully saturated rings. The second-order valence-corrected chi connectivity index (χ2v) is 5.25. The summed E-state index contributed by atoms with van der Waals surface area (Å²) in [6.07, 6.45) is 0. The average Bonchev–Trinajstić information content (AvgIpc) is 2.78. The van der Waals surface area contributed by atoms with Gasteiger partial charge in [-0.15, -0.1) is 11.3 Å². The van der Waals surface area contributed by atoms with Crippen molar-refractivity contribution in [3.8, 4) is 10.4 Å². The van der Waals surface area contributed by atoms with E-state index >= 15 is 0 Å². The highest BCUT2D eigenvalue weighted by molar-refractivity contribution is 7.17. The van der Waals surface area contributed by atoms with Crippen LogP contribution >= 0.6 is 11.3 Å². The molecule has 0 spiro atoms. The minimum atomic E-state index is 0.130. The number of hydrogen-bond acceptors (Lipinski definition) is 3. The van der Waals surface area contributed by atoms with Crippen molar-refractivity contribution in [1.82, 2.24) is 0 Å². The first-order chi connectivity index (χ1) is 8.08. The SMILES string of the molecule is CC(=O)c1ccc(-c2cccc(N(C)C)c2)s1. The molecular weight excluding hydrogens is 230 g/mol. The van der Waals surface area contributed by atoms with Crippen molar-refractivity contribution < 1.29 is 4.79 Å². The Morgan fingerprint density at radius 1 is 1.18 bits per heavy atom. The van der Waals surface area contributed by atoms with E-state index < -0.39 is 0 Å². The van der Waals surface area contributed by atoms with E-state index in [4.69, 9.17) is 0 Å². The molecule has 1 heterocycles. The van der Waals surface area contributed by atoms with E-state index in [2.05, 4.69) is 23.1 Å². The van der Waals surface area contributed by atoms with Crippen LogP contribution in [0.5, 0.6) is 0 Å². The van der Waals surface area contributed by atoms with E-state index in [1.165, 1.54) is 5.69 Å². The summed E-state index contributed by atoms with van der Waals surface area (Å²) in [5.41, 5.74) is 2.33. The smallest absolute Gasteiger partial charge is 0.169 e. The predicted octanol–water partition coefficient (Wildman–Crippen LogP) is 3.68. The molecule has 2 aromatic rings. The minimum absolute atomic E-state index is 0.130. The molecular formula is C14H15NOS. The van der Waals surface area contributed by atoms with Gasteiger partial charge in [-0.3, -0.25) is 4.79 Å². The van der Waals surface area contributed by atoms with Crippen LogP contribution in [-0.4, -0.2) is 19.9 Å². The largest absolute Gasteiger partial charge is 0.378 e. The number of ketones is 1. The van der Waals surface area contributed by atoms with Crippen LogP contribution in [0.2, 0.25) is 0 Å². The Morgan fingerprint density at radius 2 is 1.94 bits per heavy atom. The molecule has 1 aromatic heterocycles. The van der Waals surface area contributed by atoms with Gasteiger partial charge in [-0.2, -0.15) is 0 Å². The Labute approximate surface area is 106 Å². The van der Waals surface area contributed by atoms with Gasteiger partial charge in [0.25, 0.3) is 0 Å². The third kappa shape index (κ3) is 2.56. The Balaban J connectivity index is 2.38. The van der Waals surface area contributed by atoms with Gasteiger partial charge in [-0.25, -0.2) is 0 Å². The van der Waals surface area contributed by atoms with E-state index in [1.54, 1.807) is 18.3 Å². The summed E-state index contributed by atoms with van der Waals surface area (Å²) < 4.78 is 0. The molecule has 2 rings (SSSR count). The molecule has 0 bridgehead atoms. The van der Waals surface area contributed by atoms with E-state index in [0.29, 0.717) is 0 Å². The fraction of sp³-hybridized carbons (Fsp3) is 0.214. The molecule has 17 heavy (non-hydrogen) atoms. The first-order valence-corrected chi connectivity index (χ1v) is 6.28. The lowest BCUT2D eigenvalue weighted by Crippen LogP contribution is -2.08. The van der Waals surface area contributed by atoms with Gasteiger partial charge in [-0.1, -0.05) is 12.1 Å². The quantitative estimate of drug-likeness (QED) is 0.769. The second kappa shape index (κ2) is 4.72. The topological polar surface area (TPSA) is 20.3 Å². The molecule has 3 heteroatoms. The normalized spacial score (nSPS) is 10.3. The Bertz CT molecular complexity index is 543. The third-order valence-corrected chi connectivity index (χ3v) is 3.84. The van der Waals surface area contributed by atoms with Gasteiger partial charge in [0.1, 0.15) is 0 Å². The molecule has 0 unspecified atom stereocenters. The van der Waals surface area contributed by atoms with Crippen molar-refractivity contribution >= 4 is 22.8 Å². The highest BCUT2D eigenvalue weighted by atomic mass is 32.1. The summed E-state index contributed by atoms with van der Waals surface area (Å²) in [6.45, 7) is 1.60. The fourth-order valence-corrected chi connectivity index (χ4v) is 2.52. The molecule has 0 aliphatic heterocycles. The highest BCUT2D eigenvalue weighted by Gasteiger charge is 2.06. The zero-order valence-electron chi connectivity index (χ0n) is 10.2. The maximum atomic E-state index is 11.3. The van der Waals surface area contributed by atoms with Crippen molar-refractivity contribution in [2.75, 3.05) is 19.0 Å². The van der Waals surface area contributed by atoms with Crippen LogP contribution in [0.25, 0.3) is 10.4 Å². The first-order valence-electron chi connectivity index (χ1n) is 5.46. The van der Waals surface area contributed by atoms with Gasteiger partial charge >= 0.3 is 0 Å². The van der Waals surface area contributed by atoms with E-state index in [0.717, 1.165) is 15.3 Å². The third-order valence-electron chi connectivity index (χ3n) is 2.60. The summed E-state index contributed by atoms with van der Waals surface area (Å²) in [5, 5.41) is 0. The van der Waals surface area contributed by atoms with Crippen LogP contribution in [0.1, 0.15) is 16.6 Å². The van der Waals surface area contributed by atoms with Crippen molar-refractivity contribution in [3.63, 3.8) is 0 Å². The van der Waals surface area contributed by atoms with Crippen LogP contribution in [0.15, 0.2) is 36.4 Å². The molecule has 1 aromatic carbocycles. The summed E-state index contributed by atoms with van der Waals surface area (Å²) in [7, 11) is 4.04. The summed E-state index contributed by atoms with van der Waals surface area (Å²) >= 11 is 1.55. The van der Waals surface area contributed by atoms with Gasteiger partial charge in [0, 0.05) is 24.7 Å². The van der Waals surface area contributed by atoms with E-state index in [-0.39, 0.29) is 5.78 Å². The van der Waals surface area contributed by atoms with Crippen LogP contribution in [0.3, 0.4) is 0 Å². The summed E-state index contributed by atoms with van der Waals surface area (Å²) in [4.78, 5) is 15.3. The van der Waals surface area contributed by atoms with Crippen molar-refractivity contribution in [3.05, 3.63) is 41.3 Å². The molecule has 0 N–H and O–H groups in total. The van der Waals surface area contributed by atoms with Gasteiger partial charge in [0.2, 0.25) is 0 Å². The molecule has 0 radical (unpaired) electrons. The first kappa shape index (κ1) is 11.9. The van der Waals surface area contributed by atoms with Gasteiger partial charge in [0.15, 0.2) is 5.78 Å². The second-order valence-electron chi connectivity index (χ2n) is 4.16. The molecule has 0 saturated heterocycles. The molecule has 88 valence electrons. The van der Waals surface area contributed by atoms with Gasteiger partial charge in [-0.05, 0) is 36.8 Å². The number of hydrogen-bond donors (Lipinski definition) is 0. The van der Waals surface area contributed by atoms with E-state index in [9.17, 15) is 4.79 Å². The number of carbonyl (C=O) groups excluding carboxylic acids is 1. The number of rotatable bonds is 3. The minimum Gasteiger partial charge on any atom is -0.378 e. The van der Waals surface area contributed by atoms with Crippen LogP contribution in [0.4, 0.5) is 5.69 Å². The lowest BCUT2D eigenvalue weighted by Gasteiger charge is -2.12. The maximum Gasteiger partial charge on any atom is 0.169 e. The van der Waals surface area contributed by atoms with Gasteiger partial charge in [0.05, 0.1) is 4.88 Å². The zero-order valence-corrected chi connectivity index (χ0v) is 11.0. The van der Waals surface area contributed by atoms with Crippen LogP contribution in [0, 0.1) is 0 Å². The van der Waals surface area contributed by atoms with E-state index in [1.807, 2.05) is 32.3 Å². The highest BCUT2D eigenvalue weighted by Crippen LogP contribution is 2.30. The zero-order chi connectivity index (χ0) is 12.4. The van der Waals surface area contributed by atoms with Crippen LogP contribution < -0.4 is 4.90 Å². The Morgan fingerprint density at radius 3 is 2.53 bits per heavy atom. The number of nitrogens with zero attached hydrogens (tertiary/aromatic N) is 1. The average molecular weight is 245 g/mol. The van der Waals surface area contributed by atoms with Gasteiger partial charge < -0.3 is 4.90 Å². The number of thiophene rings is 1. The summed E-state index contributed by atoms with van der Waals surface area (Å²) in [6, 6.07) is 12.2. The summed E-state index contributed by atoms with van der Waals surface area (Å²) in [5.74, 6) is 0.130. The standard InChI is InChI=1S/C14H15NOS/c1-10(16)13-7-8-14(17-13)11-5-4-6-12(9-11)15(2)3/h4-9H,1-3H3.